The van der Waals surface area contributed by atoms with Crippen LogP contribution in [-0.2, 0) is 36.2 Å². The molecule has 156 valence electrons. The van der Waals surface area contributed by atoms with E-state index in [4.69, 9.17) is 9.88 Å². The van der Waals surface area contributed by atoms with Crippen LogP contribution < -0.4 is 10.5 Å². The van der Waals surface area contributed by atoms with E-state index in [1.807, 2.05) is 12.1 Å². The molecule has 1 amide bonds. The van der Waals surface area contributed by atoms with Gasteiger partial charge in [0.2, 0.25) is 10.0 Å². The number of rotatable bonds is 7. The van der Waals surface area contributed by atoms with Crippen molar-refractivity contribution >= 4 is 27.6 Å². The number of carbonyl (C=O) groups excluding carboxylic acids is 2. The molecule has 0 fully saturated rings. The maximum atomic E-state index is 11.9. The number of primary sulfonamides is 1. The highest BCUT2D eigenvalue weighted by molar-refractivity contribution is 7.89. The average Bonchev–Trinajstić information content (AvgIpc) is 2.64. The number of ether oxygens (including phenoxy) is 1. The highest BCUT2D eigenvalue weighted by atomic mass is 32.2. The Kier molecular flexibility index (Phi) is 7.16. The highest BCUT2D eigenvalue weighted by Crippen LogP contribution is 2.22. The van der Waals surface area contributed by atoms with Crippen molar-refractivity contribution in [2.24, 2.45) is 5.14 Å². The lowest BCUT2D eigenvalue weighted by Gasteiger charge is -2.19. The second kappa shape index (κ2) is 9.19. The Morgan fingerprint density at radius 3 is 2.10 bits per heavy atom. The summed E-state index contributed by atoms with van der Waals surface area (Å²) in [4.78, 5) is 23.7. The first kappa shape index (κ1) is 22.6. The zero-order valence-corrected chi connectivity index (χ0v) is 17.6. The first-order valence-electron chi connectivity index (χ1n) is 9.13. The molecular weight excluding hydrogens is 392 g/mol. The molecule has 0 heterocycles. The number of sulfonamides is 1. The number of amides is 1. The third-order valence-corrected chi connectivity index (χ3v) is 5.20. The second-order valence-electron chi connectivity index (χ2n) is 7.73. The van der Waals surface area contributed by atoms with E-state index >= 15 is 0 Å². The van der Waals surface area contributed by atoms with Gasteiger partial charge in [-0.05, 0) is 47.2 Å². The van der Waals surface area contributed by atoms with Crippen LogP contribution in [0, 0.1) is 0 Å². The van der Waals surface area contributed by atoms with Gasteiger partial charge in [-0.15, -0.1) is 0 Å². The van der Waals surface area contributed by atoms with Gasteiger partial charge in [-0.1, -0.05) is 45.0 Å². The van der Waals surface area contributed by atoms with Gasteiger partial charge < -0.3 is 10.1 Å². The summed E-state index contributed by atoms with van der Waals surface area (Å²) in [6.07, 6.45) is 0.700. The molecule has 0 atom stereocenters. The molecule has 0 bridgehead atoms. The van der Waals surface area contributed by atoms with Gasteiger partial charge in [0.25, 0.3) is 5.91 Å². The summed E-state index contributed by atoms with van der Waals surface area (Å²) in [6.45, 7) is 6.00. The lowest BCUT2D eigenvalue weighted by Crippen LogP contribution is -2.21. The first-order valence-corrected chi connectivity index (χ1v) is 10.7. The van der Waals surface area contributed by atoms with Crippen LogP contribution in [0.5, 0.6) is 0 Å². The van der Waals surface area contributed by atoms with Gasteiger partial charge in [-0.2, -0.15) is 0 Å². The molecule has 0 aliphatic carbocycles. The Hall–Kier alpha value is -2.71. The number of hydrogen-bond donors (Lipinski definition) is 2. The van der Waals surface area contributed by atoms with E-state index in [-0.39, 0.29) is 16.7 Å². The third-order valence-electron chi connectivity index (χ3n) is 4.27. The lowest BCUT2D eigenvalue weighted by molar-refractivity contribution is -0.147. The number of nitrogens with one attached hydrogen (secondary N) is 1. The summed E-state index contributed by atoms with van der Waals surface area (Å²) >= 11 is 0. The fourth-order valence-corrected chi connectivity index (χ4v) is 3.08. The summed E-state index contributed by atoms with van der Waals surface area (Å²) in [7, 11) is -3.79. The molecule has 0 saturated heterocycles. The van der Waals surface area contributed by atoms with Crippen LogP contribution in [0.3, 0.4) is 0 Å². The molecule has 7 nitrogen and oxygen atoms in total. The predicted molar refractivity (Wildman–Crippen MR) is 111 cm³/mol. The van der Waals surface area contributed by atoms with Crippen LogP contribution in [0.25, 0.3) is 0 Å². The summed E-state index contributed by atoms with van der Waals surface area (Å²) in [5, 5.41) is 7.53. The molecule has 0 radical (unpaired) electrons. The molecule has 0 unspecified atom stereocenters. The highest BCUT2D eigenvalue weighted by Gasteiger charge is 2.14. The third kappa shape index (κ3) is 7.32. The molecule has 2 rings (SSSR count). The Morgan fingerprint density at radius 2 is 1.59 bits per heavy atom. The van der Waals surface area contributed by atoms with Crippen molar-refractivity contribution < 1.29 is 22.7 Å². The summed E-state index contributed by atoms with van der Waals surface area (Å²) in [5.41, 5.74) is 2.69. The normalized spacial score (nSPS) is 11.7. The standard InChI is InChI=1S/C21H26N2O5S/c1-21(2,3)16-7-4-15(5-8-16)6-13-20(25)28-14-19(24)23-17-9-11-18(12-10-17)29(22,26)27/h4-5,7-12H,6,13-14H2,1-3H3,(H,23,24)(H2,22,26,27). The minimum atomic E-state index is -3.79. The van der Waals surface area contributed by atoms with Crippen LogP contribution in [-0.4, -0.2) is 26.9 Å². The Morgan fingerprint density at radius 1 is 1.00 bits per heavy atom. The van der Waals surface area contributed by atoms with Crippen molar-refractivity contribution in [2.75, 3.05) is 11.9 Å². The van der Waals surface area contributed by atoms with Gasteiger partial charge in [-0.3, -0.25) is 9.59 Å². The zero-order valence-electron chi connectivity index (χ0n) is 16.8. The maximum Gasteiger partial charge on any atom is 0.306 e. The molecule has 0 aliphatic heterocycles. The number of carbonyl (C=O) groups is 2. The Bertz CT molecular complexity index is 960. The van der Waals surface area contributed by atoms with E-state index in [9.17, 15) is 18.0 Å². The molecule has 29 heavy (non-hydrogen) atoms. The number of anilines is 1. The maximum absolute atomic E-state index is 11.9. The van der Waals surface area contributed by atoms with Crippen molar-refractivity contribution in [3.63, 3.8) is 0 Å². The van der Waals surface area contributed by atoms with E-state index in [0.29, 0.717) is 12.1 Å². The van der Waals surface area contributed by atoms with Gasteiger partial charge in [0.15, 0.2) is 6.61 Å². The van der Waals surface area contributed by atoms with E-state index in [1.165, 1.54) is 29.8 Å². The van der Waals surface area contributed by atoms with E-state index in [1.54, 1.807) is 0 Å². The van der Waals surface area contributed by atoms with Gasteiger partial charge in [-0.25, -0.2) is 13.6 Å². The monoisotopic (exact) mass is 418 g/mol. The number of aryl methyl sites for hydroxylation is 1. The number of esters is 1. The molecule has 3 N–H and O–H groups in total. The topological polar surface area (TPSA) is 116 Å². The van der Waals surface area contributed by atoms with Gasteiger partial charge in [0, 0.05) is 12.1 Å². The largest absolute Gasteiger partial charge is 0.456 e. The summed E-state index contributed by atoms with van der Waals surface area (Å²) in [6, 6.07) is 13.5. The molecule has 2 aromatic rings. The first-order chi connectivity index (χ1) is 13.4. The van der Waals surface area contributed by atoms with Crippen molar-refractivity contribution in [3.05, 3.63) is 59.7 Å². The van der Waals surface area contributed by atoms with E-state index in [2.05, 4.69) is 38.2 Å². The molecule has 2 aromatic carbocycles. The molecule has 0 aliphatic rings. The fourth-order valence-electron chi connectivity index (χ4n) is 2.56. The minimum Gasteiger partial charge on any atom is -0.456 e. The van der Waals surface area contributed by atoms with Crippen LogP contribution in [0.1, 0.15) is 38.3 Å². The SMILES string of the molecule is CC(C)(C)c1ccc(CCC(=O)OCC(=O)Nc2ccc(S(N)(=O)=O)cc2)cc1. The number of benzene rings is 2. The second-order valence-corrected chi connectivity index (χ2v) is 9.29. The lowest BCUT2D eigenvalue weighted by atomic mass is 9.86. The van der Waals surface area contributed by atoms with Crippen molar-refractivity contribution in [1.29, 1.82) is 0 Å². The Balaban J connectivity index is 1.76. The summed E-state index contributed by atoms with van der Waals surface area (Å²) in [5.74, 6) is -0.985. The van der Waals surface area contributed by atoms with Crippen LogP contribution >= 0.6 is 0 Å². The smallest absolute Gasteiger partial charge is 0.306 e. The quantitative estimate of drug-likeness (QED) is 0.671. The fraction of sp³-hybridized carbons (Fsp3) is 0.333. The van der Waals surface area contributed by atoms with Crippen LogP contribution in [0.15, 0.2) is 53.4 Å². The summed E-state index contributed by atoms with van der Waals surface area (Å²) < 4.78 is 27.4. The van der Waals surface area contributed by atoms with Crippen molar-refractivity contribution in [1.82, 2.24) is 0 Å². The van der Waals surface area contributed by atoms with E-state index in [0.717, 1.165) is 5.56 Å². The van der Waals surface area contributed by atoms with Gasteiger partial charge >= 0.3 is 5.97 Å². The van der Waals surface area contributed by atoms with Crippen molar-refractivity contribution in [3.8, 4) is 0 Å². The van der Waals surface area contributed by atoms with E-state index < -0.39 is 28.5 Å². The van der Waals surface area contributed by atoms with Gasteiger partial charge in [0.1, 0.15) is 0 Å². The molecule has 0 spiro atoms. The zero-order chi connectivity index (χ0) is 21.7. The predicted octanol–water partition coefficient (Wildman–Crippen LogP) is 2.75. The molecule has 0 aromatic heterocycles. The molecule has 0 saturated carbocycles. The molecular formula is C21H26N2O5S. The number of hydrogen-bond acceptors (Lipinski definition) is 5. The average molecular weight is 419 g/mol. The molecule has 8 heteroatoms. The minimum absolute atomic E-state index is 0.0579. The van der Waals surface area contributed by atoms with Crippen LogP contribution in [0.2, 0.25) is 0 Å². The van der Waals surface area contributed by atoms with Crippen LogP contribution in [0.4, 0.5) is 5.69 Å². The van der Waals surface area contributed by atoms with Crippen molar-refractivity contribution in [2.45, 2.75) is 43.9 Å². The Labute approximate surface area is 171 Å². The number of nitrogens with two attached hydrogens (primary N) is 1. The van der Waals surface area contributed by atoms with Gasteiger partial charge in [0.05, 0.1) is 4.90 Å².